The molecular formula is C27H40O2. The molecule has 29 heavy (non-hydrogen) atoms. The summed E-state index contributed by atoms with van der Waals surface area (Å²) >= 11 is 0. The van der Waals surface area contributed by atoms with Crippen molar-refractivity contribution in [3.8, 4) is 0 Å². The normalized spacial score (nSPS) is 40.8. The van der Waals surface area contributed by atoms with Crippen LogP contribution in [0.5, 0.6) is 0 Å². The first-order valence-electron chi connectivity index (χ1n) is 12.2. The minimum atomic E-state index is 0.210. The second-order valence-electron chi connectivity index (χ2n) is 11.3. The molecule has 0 aromatic rings. The number of hydrogen-bond acceptors (Lipinski definition) is 2. The second kappa shape index (κ2) is 7.82. The monoisotopic (exact) mass is 396 g/mol. The lowest BCUT2D eigenvalue weighted by molar-refractivity contribution is -0.116. The van der Waals surface area contributed by atoms with E-state index in [2.05, 4.69) is 26.8 Å². The summed E-state index contributed by atoms with van der Waals surface area (Å²) in [4.78, 5) is 22.9. The molecule has 0 aliphatic heterocycles. The number of carbonyl (C=O) groups excluding carboxylic acids is 2. The highest BCUT2D eigenvalue weighted by Gasteiger charge is 2.56. The number of carbonyl (C=O) groups is 2. The zero-order valence-electron chi connectivity index (χ0n) is 19.0. The molecule has 0 saturated heterocycles. The Morgan fingerprint density at radius 3 is 2.66 bits per heavy atom. The number of aldehydes is 1. The Labute approximate surface area is 177 Å². The van der Waals surface area contributed by atoms with Gasteiger partial charge in [0.2, 0.25) is 0 Å². The van der Waals surface area contributed by atoms with Gasteiger partial charge in [-0.2, -0.15) is 0 Å². The maximum absolute atomic E-state index is 12.0. The van der Waals surface area contributed by atoms with E-state index in [4.69, 9.17) is 0 Å². The van der Waals surface area contributed by atoms with E-state index in [0.29, 0.717) is 17.1 Å². The van der Waals surface area contributed by atoms with E-state index in [1.807, 2.05) is 13.0 Å². The van der Waals surface area contributed by atoms with Crippen LogP contribution in [-0.2, 0) is 9.59 Å². The van der Waals surface area contributed by atoms with E-state index in [-0.39, 0.29) is 11.3 Å². The molecule has 2 heteroatoms. The van der Waals surface area contributed by atoms with Crippen molar-refractivity contribution in [3.05, 3.63) is 23.3 Å². The van der Waals surface area contributed by atoms with Gasteiger partial charge >= 0.3 is 0 Å². The average molecular weight is 397 g/mol. The molecule has 160 valence electrons. The highest BCUT2D eigenvalue weighted by Crippen LogP contribution is 2.66. The Hall–Kier alpha value is -1.18. The first-order chi connectivity index (χ1) is 13.8. The van der Waals surface area contributed by atoms with Gasteiger partial charge < -0.3 is 4.79 Å². The third kappa shape index (κ3) is 3.49. The van der Waals surface area contributed by atoms with Crippen molar-refractivity contribution in [2.75, 3.05) is 0 Å². The van der Waals surface area contributed by atoms with Crippen molar-refractivity contribution in [2.24, 2.45) is 40.4 Å². The van der Waals surface area contributed by atoms with Crippen LogP contribution in [0, 0.1) is 40.4 Å². The van der Waals surface area contributed by atoms with Crippen LogP contribution in [0.3, 0.4) is 0 Å². The van der Waals surface area contributed by atoms with Gasteiger partial charge in [0.1, 0.15) is 6.29 Å². The lowest BCUT2D eigenvalue weighted by atomic mass is 9.50. The highest BCUT2D eigenvalue weighted by molar-refractivity contribution is 5.91. The van der Waals surface area contributed by atoms with Gasteiger partial charge in [0.25, 0.3) is 0 Å². The van der Waals surface area contributed by atoms with Crippen LogP contribution in [0.2, 0.25) is 0 Å². The van der Waals surface area contributed by atoms with Crippen LogP contribution in [0.25, 0.3) is 0 Å². The molecular weight excluding hydrogens is 356 g/mol. The predicted octanol–water partition coefficient (Wildman–Crippen LogP) is 6.70. The minimum Gasteiger partial charge on any atom is -0.303 e. The van der Waals surface area contributed by atoms with Crippen molar-refractivity contribution in [2.45, 2.75) is 91.9 Å². The average Bonchev–Trinajstić information content (AvgIpc) is 3.05. The Kier molecular flexibility index (Phi) is 5.68. The summed E-state index contributed by atoms with van der Waals surface area (Å²) < 4.78 is 0. The molecule has 0 amide bonds. The van der Waals surface area contributed by atoms with Gasteiger partial charge in [-0.05, 0) is 85.5 Å². The maximum Gasteiger partial charge on any atom is 0.155 e. The van der Waals surface area contributed by atoms with Gasteiger partial charge in [0.15, 0.2) is 5.78 Å². The van der Waals surface area contributed by atoms with Crippen LogP contribution < -0.4 is 0 Å². The molecule has 4 aliphatic rings. The van der Waals surface area contributed by atoms with Crippen molar-refractivity contribution in [1.29, 1.82) is 0 Å². The third-order valence-electron chi connectivity index (χ3n) is 9.71. The molecule has 4 rings (SSSR count). The number of rotatable bonds is 6. The maximum atomic E-state index is 12.0. The SMILES string of the molecule is CC(C=O)CCCC(C)[C@H]1CCC2C3=CCC4=CC(=O)CC[C@]4(C)C3CC[C@@]21C. The van der Waals surface area contributed by atoms with Crippen molar-refractivity contribution >= 4 is 12.1 Å². The van der Waals surface area contributed by atoms with Crippen LogP contribution in [0.15, 0.2) is 23.3 Å². The summed E-state index contributed by atoms with van der Waals surface area (Å²) in [6, 6.07) is 0. The number of ketones is 1. The smallest absolute Gasteiger partial charge is 0.155 e. The first kappa shape index (κ1) is 21.1. The van der Waals surface area contributed by atoms with Crippen molar-refractivity contribution in [3.63, 3.8) is 0 Å². The summed E-state index contributed by atoms with van der Waals surface area (Å²) in [6.45, 7) is 9.56. The van der Waals surface area contributed by atoms with Crippen LogP contribution >= 0.6 is 0 Å². The Morgan fingerprint density at radius 1 is 1.10 bits per heavy atom. The largest absolute Gasteiger partial charge is 0.303 e. The molecule has 2 nitrogen and oxygen atoms in total. The number of fused-ring (bicyclic) bond motifs is 5. The van der Waals surface area contributed by atoms with Gasteiger partial charge in [-0.3, -0.25) is 4.79 Å². The number of allylic oxidation sites excluding steroid dienone is 4. The second-order valence-corrected chi connectivity index (χ2v) is 11.3. The van der Waals surface area contributed by atoms with Gasteiger partial charge in [0, 0.05) is 12.3 Å². The number of hydrogen-bond donors (Lipinski definition) is 0. The van der Waals surface area contributed by atoms with Gasteiger partial charge in [0.05, 0.1) is 0 Å². The van der Waals surface area contributed by atoms with E-state index in [9.17, 15) is 9.59 Å². The van der Waals surface area contributed by atoms with Gasteiger partial charge in [-0.1, -0.05) is 57.8 Å². The van der Waals surface area contributed by atoms with Crippen LogP contribution in [-0.4, -0.2) is 12.1 Å². The topological polar surface area (TPSA) is 34.1 Å². The molecule has 0 N–H and O–H groups in total. The summed E-state index contributed by atoms with van der Waals surface area (Å²) in [5.41, 5.74) is 3.85. The zero-order chi connectivity index (χ0) is 20.8. The predicted molar refractivity (Wildman–Crippen MR) is 118 cm³/mol. The molecule has 0 aromatic carbocycles. The molecule has 7 atom stereocenters. The fraction of sp³-hybridized carbons (Fsp3) is 0.778. The molecule has 0 spiro atoms. The summed E-state index contributed by atoms with van der Waals surface area (Å²) in [5.74, 6) is 3.53. The Bertz CT molecular complexity index is 731. The first-order valence-corrected chi connectivity index (χ1v) is 12.2. The van der Waals surface area contributed by atoms with E-state index in [0.717, 1.165) is 49.7 Å². The van der Waals surface area contributed by atoms with Crippen molar-refractivity contribution in [1.82, 2.24) is 0 Å². The summed E-state index contributed by atoms with van der Waals surface area (Å²) in [6.07, 6.45) is 17.3. The van der Waals surface area contributed by atoms with Crippen LogP contribution in [0.1, 0.15) is 91.9 Å². The van der Waals surface area contributed by atoms with Crippen LogP contribution in [0.4, 0.5) is 0 Å². The molecule has 4 unspecified atom stereocenters. The molecule has 2 saturated carbocycles. The summed E-state index contributed by atoms with van der Waals surface area (Å²) in [5, 5.41) is 0. The molecule has 4 aliphatic carbocycles. The van der Waals surface area contributed by atoms with E-state index >= 15 is 0 Å². The molecule has 0 radical (unpaired) electrons. The lowest BCUT2D eigenvalue weighted by Gasteiger charge is -2.55. The van der Waals surface area contributed by atoms with Gasteiger partial charge in [-0.15, -0.1) is 0 Å². The van der Waals surface area contributed by atoms with Gasteiger partial charge in [-0.25, -0.2) is 0 Å². The summed E-state index contributed by atoms with van der Waals surface area (Å²) in [7, 11) is 0. The van der Waals surface area contributed by atoms with E-state index in [1.54, 1.807) is 5.57 Å². The standard InChI is InChI=1S/C27H40O2/c1-18(17-28)6-5-7-19(2)23-10-11-24-22-9-8-20-16-21(29)12-14-26(20,3)25(22)13-15-27(23,24)4/h9,16-19,23-25H,5-8,10-15H2,1-4H3/t18?,19?,23-,24?,25?,26+,27-/m1/s1. The fourth-order valence-electron chi connectivity index (χ4n) is 7.87. The third-order valence-corrected chi connectivity index (χ3v) is 9.71. The van der Waals surface area contributed by atoms with Crippen molar-refractivity contribution < 1.29 is 9.59 Å². The lowest BCUT2D eigenvalue weighted by Crippen LogP contribution is -2.46. The van der Waals surface area contributed by atoms with E-state index in [1.165, 1.54) is 44.1 Å². The molecule has 2 fully saturated rings. The Balaban J connectivity index is 1.50. The van der Waals surface area contributed by atoms with E-state index < -0.39 is 0 Å². The zero-order valence-corrected chi connectivity index (χ0v) is 19.0. The highest BCUT2D eigenvalue weighted by atomic mass is 16.1. The Morgan fingerprint density at radius 2 is 1.90 bits per heavy atom. The fourth-order valence-corrected chi connectivity index (χ4v) is 7.87. The molecule has 0 heterocycles. The molecule has 0 aromatic heterocycles. The minimum absolute atomic E-state index is 0.210. The quantitative estimate of drug-likeness (QED) is 0.370. The molecule has 0 bridgehead atoms.